The van der Waals surface area contributed by atoms with Gasteiger partial charge in [0.25, 0.3) is 0 Å². The third-order valence-corrected chi connectivity index (χ3v) is 2.44. The van der Waals surface area contributed by atoms with Crippen LogP contribution in [0.15, 0.2) is 10.9 Å². The van der Waals surface area contributed by atoms with E-state index < -0.39 is 5.97 Å². The number of hydrogen-bond donors (Lipinski definition) is 2. The molecule has 1 heterocycles. The van der Waals surface area contributed by atoms with Gasteiger partial charge in [-0.1, -0.05) is 5.16 Å². The van der Waals surface area contributed by atoms with E-state index in [1.165, 1.54) is 6.33 Å². The first-order chi connectivity index (χ1) is 7.68. The molecular formula is C8H11N3O4S. The third kappa shape index (κ3) is 5.35. The number of nitrogens with zero attached hydrogens (tertiary/aromatic N) is 2. The molecule has 7 nitrogen and oxygen atoms in total. The molecule has 0 spiro atoms. The Morgan fingerprint density at radius 1 is 1.50 bits per heavy atom. The molecule has 0 aliphatic heterocycles. The molecule has 0 fully saturated rings. The van der Waals surface area contributed by atoms with Crippen molar-refractivity contribution in [1.82, 2.24) is 15.5 Å². The number of carboxylic acid groups (broad SMARTS) is 1. The van der Waals surface area contributed by atoms with Crippen LogP contribution >= 0.6 is 11.8 Å². The second-order valence-electron chi connectivity index (χ2n) is 2.82. The van der Waals surface area contributed by atoms with Crippen LogP contribution in [0.25, 0.3) is 0 Å². The quantitative estimate of drug-likeness (QED) is 0.670. The molecule has 0 saturated heterocycles. The molecule has 16 heavy (non-hydrogen) atoms. The number of hydrogen-bond acceptors (Lipinski definition) is 6. The van der Waals surface area contributed by atoms with Crippen molar-refractivity contribution in [2.75, 3.05) is 18.1 Å². The summed E-state index contributed by atoms with van der Waals surface area (Å²) < 4.78 is 4.73. The second-order valence-corrected chi connectivity index (χ2v) is 3.81. The average molecular weight is 245 g/mol. The van der Waals surface area contributed by atoms with E-state index in [4.69, 9.17) is 9.63 Å². The normalized spacial score (nSPS) is 10.0. The van der Waals surface area contributed by atoms with Crippen LogP contribution in [0.3, 0.4) is 0 Å². The van der Waals surface area contributed by atoms with Crippen molar-refractivity contribution in [1.29, 1.82) is 0 Å². The van der Waals surface area contributed by atoms with Crippen LogP contribution < -0.4 is 5.32 Å². The summed E-state index contributed by atoms with van der Waals surface area (Å²) in [6, 6.07) is 0. The van der Waals surface area contributed by atoms with Gasteiger partial charge in [0.15, 0.2) is 6.33 Å². The minimum Gasteiger partial charge on any atom is -0.481 e. The van der Waals surface area contributed by atoms with Gasteiger partial charge in [0.05, 0.1) is 11.5 Å². The molecule has 0 aromatic carbocycles. The monoisotopic (exact) mass is 245 g/mol. The minimum atomic E-state index is -0.927. The van der Waals surface area contributed by atoms with E-state index in [1.54, 1.807) is 0 Å². The molecule has 1 amide bonds. The lowest BCUT2D eigenvalue weighted by atomic mass is 10.4. The summed E-state index contributed by atoms with van der Waals surface area (Å²) in [4.78, 5) is 25.1. The van der Waals surface area contributed by atoms with E-state index in [0.29, 0.717) is 18.9 Å². The molecule has 2 N–H and O–H groups in total. The summed E-state index contributed by atoms with van der Waals surface area (Å²) in [5.74, 6) is -0.611. The van der Waals surface area contributed by atoms with E-state index in [9.17, 15) is 9.59 Å². The van der Waals surface area contributed by atoms with E-state index >= 15 is 0 Å². The van der Waals surface area contributed by atoms with Crippen molar-refractivity contribution in [3.05, 3.63) is 12.2 Å². The highest BCUT2D eigenvalue weighted by Crippen LogP contribution is 1.98. The Balaban J connectivity index is 2.04. The fraction of sp³-hybridized carbons (Fsp3) is 0.500. The van der Waals surface area contributed by atoms with Crippen LogP contribution in [0.2, 0.25) is 0 Å². The zero-order valence-electron chi connectivity index (χ0n) is 8.38. The van der Waals surface area contributed by atoms with Gasteiger partial charge >= 0.3 is 5.97 Å². The number of carboxylic acids is 1. The topological polar surface area (TPSA) is 105 Å². The highest BCUT2D eigenvalue weighted by atomic mass is 32.2. The summed E-state index contributed by atoms with van der Waals surface area (Å²) in [6.45, 7) is 0.397. The van der Waals surface area contributed by atoms with Gasteiger partial charge in [-0.05, 0) is 0 Å². The Morgan fingerprint density at radius 2 is 2.31 bits per heavy atom. The maximum atomic E-state index is 11.2. The maximum absolute atomic E-state index is 11.2. The molecule has 1 aromatic heterocycles. The van der Waals surface area contributed by atoms with Gasteiger partial charge in [0, 0.05) is 13.0 Å². The largest absolute Gasteiger partial charge is 0.481 e. The maximum Gasteiger partial charge on any atom is 0.313 e. The number of amides is 1. The molecule has 0 aliphatic rings. The molecule has 0 unspecified atom stereocenters. The van der Waals surface area contributed by atoms with Gasteiger partial charge in [0.2, 0.25) is 11.8 Å². The fourth-order valence-corrected chi connectivity index (χ4v) is 1.46. The molecular weight excluding hydrogens is 234 g/mol. The molecule has 88 valence electrons. The predicted octanol–water partition coefficient (Wildman–Crippen LogP) is -0.454. The van der Waals surface area contributed by atoms with E-state index in [-0.39, 0.29) is 17.4 Å². The van der Waals surface area contributed by atoms with Gasteiger partial charge in [-0.15, -0.1) is 11.8 Å². The van der Waals surface area contributed by atoms with Crippen molar-refractivity contribution < 1.29 is 19.2 Å². The van der Waals surface area contributed by atoms with Crippen molar-refractivity contribution in [3.8, 4) is 0 Å². The summed E-state index contributed by atoms with van der Waals surface area (Å²) in [6.07, 6.45) is 1.76. The van der Waals surface area contributed by atoms with Crippen LogP contribution in [-0.2, 0) is 16.0 Å². The van der Waals surface area contributed by atoms with Crippen LogP contribution in [0.1, 0.15) is 5.89 Å². The van der Waals surface area contributed by atoms with Gasteiger partial charge in [-0.2, -0.15) is 4.98 Å². The molecule has 0 atom stereocenters. The molecule has 8 heteroatoms. The summed E-state index contributed by atoms with van der Waals surface area (Å²) in [7, 11) is 0. The van der Waals surface area contributed by atoms with Crippen LogP contribution in [-0.4, -0.2) is 45.2 Å². The standard InChI is InChI=1S/C8H11N3O4S/c12-6(3-16-4-8(13)14)9-2-1-7-10-5-11-15-7/h5H,1-4H2,(H,9,12)(H,13,14). The van der Waals surface area contributed by atoms with E-state index in [0.717, 1.165) is 11.8 Å². The number of rotatable bonds is 7. The lowest BCUT2D eigenvalue weighted by Gasteiger charge is -2.01. The number of aliphatic carboxylic acids is 1. The lowest BCUT2D eigenvalue weighted by Crippen LogP contribution is -2.27. The Hall–Kier alpha value is -1.57. The molecule has 0 bridgehead atoms. The van der Waals surface area contributed by atoms with Crippen molar-refractivity contribution in [2.24, 2.45) is 0 Å². The number of nitrogens with one attached hydrogen (secondary N) is 1. The SMILES string of the molecule is O=C(O)CSCC(=O)NCCc1ncno1. The summed E-state index contributed by atoms with van der Waals surface area (Å²) in [5, 5.41) is 14.4. The Bertz CT molecular complexity index is 341. The minimum absolute atomic E-state index is 0.0723. The first kappa shape index (κ1) is 12.5. The third-order valence-electron chi connectivity index (χ3n) is 1.53. The Morgan fingerprint density at radius 3 is 2.94 bits per heavy atom. The lowest BCUT2D eigenvalue weighted by molar-refractivity contribution is -0.133. The highest BCUT2D eigenvalue weighted by molar-refractivity contribution is 8.00. The highest BCUT2D eigenvalue weighted by Gasteiger charge is 2.04. The smallest absolute Gasteiger partial charge is 0.313 e. The van der Waals surface area contributed by atoms with Crippen molar-refractivity contribution in [2.45, 2.75) is 6.42 Å². The van der Waals surface area contributed by atoms with Gasteiger partial charge in [-0.3, -0.25) is 9.59 Å². The fourth-order valence-electron chi connectivity index (χ4n) is 0.897. The summed E-state index contributed by atoms with van der Waals surface area (Å²) >= 11 is 1.05. The van der Waals surface area contributed by atoms with Gasteiger partial charge < -0.3 is 14.9 Å². The van der Waals surface area contributed by atoms with Crippen molar-refractivity contribution >= 4 is 23.6 Å². The molecule has 0 saturated carbocycles. The van der Waals surface area contributed by atoms with Crippen LogP contribution in [0, 0.1) is 0 Å². The zero-order chi connectivity index (χ0) is 11.8. The first-order valence-electron chi connectivity index (χ1n) is 4.50. The Labute approximate surface area is 95.6 Å². The molecule has 0 aliphatic carbocycles. The molecule has 0 radical (unpaired) electrons. The number of thioether (sulfide) groups is 1. The van der Waals surface area contributed by atoms with Crippen LogP contribution in [0.4, 0.5) is 0 Å². The van der Waals surface area contributed by atoms with Crippen LogP contribution in [0.5, 0.6) is 0 Å². The Kier molecular flexibility index (Phi) is 5.34. The molecule has 1 rings (SSSR count). The van der Waals surface area contributed by atoms with Gasteiger partial charge in [0.1, 0.15) is 0 Å². The average Bonchev–Trinajstić information content (AvgIpc) is 2.70. The predicted molar refractivity (Wildman–Crippen MR) is 56.0 cm³/mol. The summed E-state index contributed by atoms with van der Waals surface area (Å²) in [5.41, 5.74) is 0. The van der Waals surface area contributed by atoms with Crippen molar-refractivity contribution in [3.63, 3.8) is 0 Å². The van der Waals surface area contributed by atoms with E-state index in [2.05, 4.69) is 15.5 Å². The zero-order valence-corrected chi connectivity index (χ0v) is 9.20. The number of aromatic nitrogens is 2. The second kappa shape index (κ2) is 6.83. The first-order valence-corrected chi connectivity index (χ1v) is 5.65. The number of carbonyl (C=O) groups excluding carboxylic acids is 1. The molecule has 1 aromatic rings. The van der Waals surface area contributed by atoms with Gasteiger partial charge in [-0.25, -0.2) is 0 Å². The number of carbonyl (C=O) groups is 2. The van der Waals surface area contributed by atoms with E-state index in [1.807, 2.05) is 0 Å².